The summed E-state index contributed by atoms with van der Waals surface area (Å²) in [6.45, 7) is -4.89. The van der Waals surface area contributed by atoms with Crippen LogP contribution in [0, 0.1) is 0 Å². The first-order valence-electron chi connectivity index (χ1n) is 4.21. The van der Waals surface area contributed by atoms with Crippen molar-refractivity contribution in [1.82, 2.24) is 0 Å². The molecule has 0 fully saturated rings. The molecule has 16 heavy (non-hydrogen) atoms. The van der Waals surface area contributed by atoms with E-state index in [1.165, 1.54) is 18.4 Å². The maximum absolute atomic E-state index is 11.9. The van der Waals surface area contributed by atoms with Crippen molar-refractivity contribution in [2.24, 2.45) is 0 Å². The van der Waals surface area contributed by atoms with Crippen LogP contribution in [0.25, 0.3) is 6.08 Å². The van der Waals surface area contributed by atoms with Gasteiger partial charge in [-0.15, -0.1) is 5.98 Å². The van der Waals surface area contributed by atoms with Gasteiger partial charge in [0.1, 0.15) is 0 Å². The summed E-state index contributed by atoms with van der Waals surface area (Å²) in [6, 6.07) is 6.13. The second-order valence-electron chi connectivity index (χ2n) is 3.01. The maximum Gasteiger partial charge on any atom is 1.00 e. The summed E-state index contributed by atoms with van der Waals surface area (Å²) in [5, 5.41) is 0. The summed E-state index contributed by atoms with van der Waals surface area (Å²) in [5.41, 5.74) is 0.448. The van der Waals surface area contributed by atoms with Crippen molar-refractivity contribution in [2.45, 2.75) is 4.90 Å². The van der Waals surface area contributed by atoms with Crippen LogP contribution in [0.1, 0.15) is 5.56 Å². The van der Waals surface area contributed by atoms with Gasteiger partial charge in [0.05, 0.1) is 0 Å². The van der Waals surface area contributed by atoms with E-state index in [1.54, 1.807) is 12.1 Å². The molecule has 0 spiro atoms. The molecule has 0 heterocycles. The van der Waals surface area contributed by atoms with Crippen molar-refractivity contribution in [3.05, 3.63) is 35.8 Å². The minimum absolute atomic E-state index is 0. The van der Waals surface area contributed by atoms with Gasteiger partial charge in [-0.1, -0.05) is 18.2 Å². The zero-order valence-electron chi connectivity index (χ0n) is 8.99. The molecule has 1 rings (SSSR count). The molecule has 82 valence electrons. The monoisotopic (exact) mass is 272 g/mol. The molecule has 0 bridgehead atoms. The van der Waals surface area contributed by atoms with E-state index in [1.807, 2.05) is 0 Å². The van der Waals surface area contributed by atoms with Crippen molar-refractivity contribution in [3.63, 3.8) is 0 Å². The Kier molecular flexibility index (Phi) is 7.40. The quantitative estimate of drug-likeness (QED) is 0.698. The second-order valence-corrected chi connectivity index (χ2v) is 4.39. The minimum atomic E-state index is -4.89. The molecular formula is C9H9BF3KOS. The van der Waals surface area contributed by atoms with E-state index in [4.69, 9.17) is 0 Å². The van der Waals surface area contributed by atoms with Gasteiger partial charge >= 0.3 is 58.4 Å². The van der Waals surface area contributed by atoms with E-state index in [0.717, 1.165) is 6.08 Å². The summed E-state index contributed by atoms with van der Waals surface area (Å²) in [6.07, 6.45) is 2.52. The molecule has 0 saturated heterocycles. The van der Waals surface area contributed by atoms with Gasteiger partial charge < -0.3 is 12.9 Å². The third-order valence-electron chi connectivity index (χ3n) is 1.72. The summed E-state index contributed by atoms with van der Waals surface area (Å²) >= 11 is 0. The van der Waals surface area contributed by atoms with Gasteiger partial charge in [-0.05, 0) is 17.7 Å². The molecule has 0 N–H and O–H groups in total. The van der Waals surface area contributed by atoms with E-state index < -0.39 is 17.8 Å². The van der Waals surface area contributed by atoms with Crippen molar-refractivity contribution >= 4 is 23.9 Å². The molecule has 1 aromatic rings. The molecule has 0 aliphatic rings. The average Bonchev–Trinajstić information content (AvgIpc) is 2.14. The van der Waals surface area contributed by atoms with E-state index in [0.29, 0.717) is 10.5 Å². The molecule has 0 aromatic heterocycles. The molecule has 0 saturated carbocycles. The second kappa shape index (κ2) is 7.13. The predicted octanol–water partition coefficient (Wildman–Crippen LogP) is -0.172. The Morgan fingerprint density at radius 1 is 1.19 bits per heavy atom. The Morgan fingerprint density at radius 2 is 1.69 bits per heavy atom. The molecule has 0 aliphatic heterocycles. The molecule has 1 nitrogen and oxygen atoms in total. The molecule has 1 unspecified atom stereocenters. The maximum atomic E-state index is 11.9. The summed E-state index contributed by atoms with van der Waals surface area (Å²) in [7, 11) is -1.10. The van der Waals surface area contributed by atoms with Crippen molar-refractivity contribution < 1.29 is 68.5 Å². The molecule has 0 amide bonds. The Morgan fingerprint density at radius 3 is 2.06 bits per heavy atom. The standard InChI is InChI=1S/C9H9BF3OS.K/c1-15(14)9-4-2-8(3-5-9)6-7-10(11,12)13;/h2-7H,1H3;/q-1;+1/b7-6+;. The molecule has 0 aliphatic carbocycles. The fraction of sp³-hybridized carbons (Fsp3) is 0.111. The Bertz CT molecular complexity index is 389. The van der Waals surface area contributed by atoms with Gasteiger partial charge in [0, 0.05) is 22.0 Å². The van der Waals surface area contributed by atoms with E-state index in [-0.39, 0.29) is 57.4 Å². The fourth-order valence-corrected chi connectivity index (χ4v) is 1.51. The van der Waals surface area contributed by atoms with Gasteiger partial charge in [0.25, 0.3) is 0 Å². The number of benzene rings is 1. The van der Waals surface area contributed by atoms with Gasteiger partial charge in [0.2, 0.25) is 0 Å². The van der Waals surface area contributed by atoms with Gasteiger partial charge in [-0.25, -0.2) is 0 Å². The van der Waals surface area contributed by atoms with Gasteiger partial charge in [-0.2, -0.15) is 0 Å². The Balaban J connectivity index is 0.00000225. The topological polar surface area (TPSA) is 17.1 Å². The first-order chi connectivity index (χ1) is 6.88. The minimum Gasteiger partial charge on any atom is -0.445 e. The Hall–Kier alpha value is 0.601. The number of hydrogen-bond donors (Lipinski definition) is 0. The third-order valence-corrected chi connectivity index (χ3v) is 2.65. The van der Waals surface area contributed by atoms with Crippen LogP contribution in [0.4, 0.5) is 12.9 Å². The number of hydrogen-bond acceptors (Lipinski definition) is 1. The van der Waals surface area contributed by atoms with Crippen LogP contribution < -0.4 is 51.4 Å². The van der Waals surface area contributed by atoms with Crippen molar-refractivity contribution in [1.29, 1.82) is 0 Å². The van der Waals surface area contributed by atoms with Crippen molar-refractivity contribution in [3.8, 4) is 0 Å². The van der Waals surface area contributed by atoms with Crippen LogP contribution in [0.15, 0.2) is 35.1 Å². The average molecular weight is 272 g/mol. The van der Waals surface area contributed by atoms with Crippen LogP contribution in [0.5, 0.6) is 0 Å². The Labute approximate surface area is 137 Å². The first-order valence-corrected chi connectivity index (χ1v) is 5.77. The largest absolute Gasteiger partial charge is 1.00 e. The van der Waals surface area contributed by atoms with Crippen LogP contribution in [0.3, 0.4) is 0 Å². The van der Waals surface area contributed by atoms with E-state index in [9.17, 15) is 17.2 Å². The molecular weight excluding hydrogens is 263 g/mol. The third kappa shape index (κ3) is 6.36. The summed E-state index contributed by atoms with van der Waals surface area (Å²) in [4.78, 5) is 0.602. The van der Waals surface area contributed by atoms with Crippen molar-refractivity contribution in [2.75, 3.05) is 6.26 Å². The van der Waals surface area contributed by atoms with Gasteiger partial charge in [0.15, 0.2) is 0 Å². The SMILES string of the molecule is CS(=O)c1ccc(/C=C/[B-](F)(F)F)cc1.[K+]. The zero-order valence-corrected chi connectivity index (χ0v) is 12.9. The smallest absolute Gasteiger partial charge is 0.445 e. The number of rotatable bonds is 3. The van der Waals surface area contributed by atoms with Crippen LogP contribution in [-0.4, -0.2) is 17.4 Å². The summed E-state index contributed by atoms with van der Waals surface area (Å²) in [5.74, 6) is 0.234. The molecule has 0 radical (unpaired) electrons. The predicted molar refractivity (Wildman–Crippen MR) is 56.9 cm³/mol. The summed E-state index contributed by atoms with van der Waals surface area (Å²) < 4.78 is 46.6. The van der Waals surface area contributed by atoms with Crippen LogP contribution in [-0.2, 0) is 10.8 Å². The van der Waals surface area contributed by atoms with Crippen LogP contribution in [0.2, 0.25) is 0 Å². The van der Waals surface area contributed by atoms with Crippen LogP contribution >= 0.6 is 0 Å². The number of halogens is 3. The first kappa shape index (κ1) is 16.6. The van der Waals surface area contributed by atoms with E-state index >= 15 is 0 Å². The fourth-order valence-electron chi connectivity index (χ4n) is 0.991. The van der Waals surface area contributed by atoms with E-state index in [2.05, 4.69) is 0 Å². The normalized spacial score (nSPS) is 13.5. The molecule has 1 atom stereocenters. The zero-order chi connectivity index (χ0) is 11.5. The van der Waals surface area contributed by atoms with Gasteiger partial charge in [-0.3, -0.25) is 4.21 Å². The molecule has 1 aromatic carbocycles. The molecule has 7 heteroatoms.